The fraction of sp³-hybridized carbons (Fsp3) is 0.600. The van der Waals surface area contributed by atoms with Crippen LogP contribution >= 0.6 is 0 Å². The number of hydrogen-bond acceptors (Lipinski definition) is 5. The summed E-state index contributed by atoms with van der Waals surface area (Å²) in [5.74, 6) is 0.151. The summed E-state index contributed by atoms with van der Waals surface area (Å²) in [7, 11) is -3.63. The molecule has 0 spiro atoms. The molecule has 0 unspecified atom stereocenters. The van der Waals surface area contributed by atoms with E-state index in [0.717, 1.165) is 0 Å². The maximum absolute atomic E-state index is 12.3. The van der Waals surface area contributed by atoms with Crippen molar-refractivity contribution in [3.63, 3.8) is 0 Å². The van der Waals surface area contributed by atoms with Crippen molar-refractivity contribution in [1.82, 2.24) is 14.5 Å². The Hall–Kier alpha value is -1.61. The van der Waals surface area contributed by atoms with Crippen LogP contribution in [0.1, 0.15) is 20.3 Å². The van der Waals surface area contributed by atoms with Crippen LogP contribution in [-0.4, -0.2) is 47.1 Å². The Balaban J connectivity index is 2.90. The Labute approximate surface area is 112 Å². The monoisotopic (exact) mass is 289 g/mol. The number of aromatic nitrogens is 2. The fourth-order valence-electron chi connectivity index (χ4n) is 1.53. The van der Waals surface area contributed by atoms with E-state index in [4.69, 9.17) is 10.9 Å². The highest BCUT2D eigenvalue weighted by Crippen LogP contribution is 2.14. The smallest absolute Gasteiger partial charge is 0.259 e. The van der Waals surface area contributed by atoms with E-state index in [1.807, 2.05) is 13.8 Å². The van der Waals surface area contributed by atoms with Crippen molar-refractivity contribution >= 4 is 15.9 Å². The van der Waals surface area contributed by atoms with Crippen LogP contribution in [0, 0.1) is 5.92 Å². The predicted octanol–water partition coefficient (Wildman–Crippen LogP) is 0.193. The number of nitrogens with zero attached hydrogens (tertiary/aromatic N) is 3. The second-order valence-corrected chi connectivity index (χ2v) is 6.43. The Morgan fingerprint density at radius 3 is 2.79 bits per heavy atom. The van der Waals surface area contributed by atoms with E-state index < -0.39 is 10.0 Å². The molecule has 1 rings (SSSR count). The van der Waals surface area contributed by atoms with Gasteiger partial charge in [0, 0.05) is 19.5 Å². The van der Waals surface area contributed by atoms with Gasteiger partial charge in [0.2, 0.25) is 0 Å². The average Bonchev–Trinajstić information content (AvgIpc) is 2.87. The number of nitrogens with two attached hydrogens (primary N) is 1. The van der Waals surface area contributed by atoms with Gasteiger partial charge >= 0.3 is 0 Å². The molecule has 1 aromatic heterocycles. The van der Waals surface area contributed by atoms with Crippen molar-refractivity contribution < 1.29 is 13.6 Å². The van der Waals surface area contributed by atoms with Gasteiger partial charge < -0.3 is 10.9 Å². The van der Waals surface area contributed by atoms with Crippen molar-refractivity contribution in [1.29, 1.82) is 0 Å². The first-order valence-electron chi connectivity index (χ1n) is 5.84. The van der Waals surface area contributed by atoms with Crippen LogP contribution in [0.5, 0.6) is 0 Å². The molecular formula is C10H19N5O3S. The molecule has 0 atom stereocenters. The van der Waals surface area contributed by atoms with Gasteiger partial charge in [0.05, 0.1) is 6.20 Å². The Kier molecular flexibility index (Phi) is 5.31. The molecule has 19 heavy (non-hydrogen) atoms. The number of nitrogens with one attached hydrogen (secondary N) is 1. The molecule has 0 aliphatic heterocycles. The van der Waals surface area contributed by atoms with E-state index in [0.29, 0.717) is 6.54 Å². The molecule has 1 heterocycles. The Bertz CT molecular complexity index is 509. The summed E-state index contributed by atoms with van der Waals surface area (Å²) >= 11 is 0. The molecule has 0 saturated carbocycles. The molecule has 0 aliphatic rings. The van der Waals surface area contributed by atoms with Gasteiger partial charge in [0.15, 0.2) is 5.03 Å². The van der Waals surface area contributed by atoms with Gasteiger partial charge in [-0.3, -0.25) is 5.10 Å². The third-order valence-electron chi connectivity index (χ3n) is 2.41. The molecule has 0 fully saturated rings. The van der Waals surface area contributed by atoms with Crippen LogP contribution in [0.15, 0.2) is 22.4 Å². The first-order chi connectivity index (χ1) is 8.87. The van der Waals surface area contributed by atoms with Gasteiger partial charge in [0.1, 0.15) is 5.84 Å². The quantitative estimate of drug-likeness (QED) is 0.286. The highest BCUT2D eigenvalue weighted by atomic mass is 32.2. The second kappa shape index (κ2) is 6.53. The lowest BCUT2D eigenvalue weighted by Gasteiger charge is -2.22. The number of oxime groups is 1. The molecule has 0 radical (unpaired) electrons. The lowest BCUT2D eigenvalue weighted by Crippen LogP contribution is -2.37. The molecule has 0 bridgehead atoms. The van der Waals surface area contributed by atoms with Crippen LogP contribution in [0.3, 0.4) is 0 Å². The van der Waals surface area contributed by atoms with Gasteiger partial charge in [-0.25, -0.2) is 8.42 Å². The summed E-state index contributed by atoms with van der Waals surface area (Å²) in [4.78, 5) is 0. The summed E-state index contributed by atoms with van der Waals surface area (Å²) in [6, 6.07) is 1.39. The Morgan fingerprint density at radius 2 is 2.32 bits per heavy atom. The molecule has 8 nitrogen and oxygen atoms in total. The van der Waals surface area contributed by atoms with Crippen molar-refractivity contribution in [3.05, 3.63) is 12.3 Å². The molecule has 0 amide bonds. The third-order valence-corrected chi connectivity index (χ3v) is 4.20. The maximum Gasteiger partial charge on any atom is 0.259 e. The number of hydrogen-bond donors (Lipinski definition) is 3. The second-order valence-electron chi connectivity index (χ2n) is 4.52. The number of sulfonamides is 1. The van der Waals surface area contributed by atoms with Gasteiger partial charge in [0.25, 0.3) is 10.0 Å². The van der Waals surface area contributed by atoms with Crippen LogP contribution in [0.4, 0.5) is 0 Å². The minimum Gasteiger partial charge on any atom is -0.409 e. The molecule has 0 saturated heterocycles. The van der Waals surface area contributed by atoms with Crippen LogP contribution in [-0.2, 0) is 10.0 Å². The number of H-pyrrole nitrogens is 1. The molecule has 0 aliphatic carbocycles. The van der Waals surface area contributed by atoms with Gasteiger partial charge in [-0.15, -0.1) is 0 Å². The number of rotatable bonds is 7. The standard InChI is InChI=1S/C10H19N5O3S/c1-8(2)7-15(6-4-9(11)14-16)19(17,18)10-3-5-12-13-10/h3,5,8,16H,4,6-7H2,1-2H3,(H2,11,14)(H,12,13). The van der Waals surface area contributed by atoms with Gasteiger partial charge in [-0.2, -0.15) is 9.40 Å². The van der Waals surface area contributed by atoms with Crippen molar-refractivity contribution in [3.8, 4) is 0 Å². The lowest BCUT2D eigenvalue weighted by atomic mass is 10.2. The van der Waals surface area contributed by atoms with Crippen LogP contribution < -0.4 is 5.73 Å². The van der Waals surface area contributed by atoms with Crippen LogP contribution in [0.25, 0.3) is 0 Å². The summed E-state index contributed by atoms with van der Waals surface area (Å²) in [6.07, 6.45) is 1.54. The van der Waals surface area contributed by atoms with Crippen LogP contribution in [0.2, 0.25) is 0 Å². The fourth-order valence-corrected chi connectivity index (χ4v) is 3.04. The molecule has 0 aromatic carbocycles. The zero-order valence-electron chi connectivity index (χ0n) is 10.9. The van der Waals surface area contributed by atoms with E-state index in [1.165, 1.54) is 16.6 Å². The molecular weight excluding hydrogens is 270 g/mol. The zero-order chi connectivity index (χ0) is 14.5. The first-order valence-corrected chi connectivity index (χ1v) is 7.28. The molecule has 4 N–H and O–H groups in total. The molecule has 108 valence electrons. The number of aromatic amines is 1. The normalized spacial score (nSPS) is 13.4. The van der Waals surface area contributed by atoms with Crippen molar-refractivity contribution in [2.75, 3.05) is 13.1 Å². The highest BCUT2D eigenvalue weighted by molar-refractivity contribution is 7.89. The molecule has 9 heteroatoms. The summed E-state index contributed by atoms with van der Waals surface area (Å²) in [5, 5.41) is 17.5. The minimum absolute atomic E-state index is 0.00596. The van der Waals surface area contributed by atoms with Crippen molar-refractivity contribution in [2.45, 2.75) is 25.3 Å². The lowest BCUT2D eigenvalue weighted by molar-refractivity contribution is 0.314. The average molecular weight is 289 g/mol. The SMILES string of the molecule is CC(C)CN(CCC(N)=NO)S(=O)(=O)c1ccn[nH]1. The minimum atomic E-state index is -3.63. The van der Waals surface area contributed by atoms with E-state index in [2.05, 4.69) is 15.4 Å². The number of amidine groups is 1. The topological polar surface area (TPSA) is 125 Å². The van der Waals surface area contributed by atoms with E-state index in [1.54, 1.807) is 0 Å². The largest absolute Gasteiger partial charge is 0.409 e. The first kappa shape index (κ1) is 15.4. The Morgan fingerprint density at radius 1 is 1.63 bits per heavy atom. The summed E-state index contributed by atoms with van der Waals surface area (Å²) < 4.78 is 26.0. The highest BCUT2D eigenvalue weighted by Gasteiger charge is 2.26. The van der Waals surface area contributed by atoms with Gasteiger partial charge in [-0.1, -0.05) is 19.0 Å². The van der Waals surface area contributed by atoms with E-state index in [9.17, 15) is 8.42 Å². The zero-order valence-corrected chi connectivity index (χ0v) is 11.8. The maximum atomic E-state index is 12.3. The van der Waals surface area contributed by atoms with E-state index >= 15 is 0 Å². The summed E-state index contributed by atoms with van der Waals surface area (Å²) in [5.41, 5.74) is 5.37. The third kappa shape index (κ3) is 4.21. The summed E-state index contributed by atoms with van der Waals surface area (Å²) in [6.45, 7) is 4.33. The molecule has 1 aromatic rings. The van der Waals surface area contributed by atoms with Crippen molar-refractivity contribution in [2.24, 2.45) is 16.8 Å². The van der Waals surface area contributed by atoms with E-state index in [-0.39, 0.29) is 29.7 Å². The predicted molar refractivity (Wildman–Crippen MR) is 70.2 cm³/mol. The van der Waals surface area contributed by atoms with Gasteiger partial charge in [-0.05, 0) is 12.0 Å².